The van der Waals surface area contributed by atoms with E-state index in [1.54, 1.807) is 28.8 Å². The molecule has 2 aromatic carbocycles. The molecule has 10 nitrogen and oxygen atoms in total. The first-order valence-electron chi connectivity index (χ1n) is 8.03. The van der Waals surface area contributed by atoms with Crippen LogP contribution in [0.25, 0.3) is 15.5 Å². The van der Waals surface area contributed by atoms with Crippen LogP contribution in [-0.4, -0.2) is 37.2 Å². The van der Waals surface area contributed by atoms with Gasteiger partial charge < -0.3 is 10.1 Å². The summed E-state index contributed by atoms with van der Waals surface area (Å²) in [5, 5.41) is 26.5. The second-order valence-electron chi connectivity index (χ2n) is 5.61. The fourth-order valence-corrected chi connectivity index (χ4v) is 3.29. The van der Waals surface area contributed by atoms with Crippen LogP contribution < -0.4 is 10.1 Å². The molecule has 1 N–H and O–H groups in total. The highest BCUT2D eigenvalue weighted by Crippen LogP contribution is 2.27. The molecule has 0 aliphatic rings. The number of aromatic nitrogens is 4. The van der Waals surface area contributed by atoms with E-state index in [2.05, 4.69) is 20.6 Å². The van der Waals surface area contributed by atoms with Gasteiger partial charge in [-0.2, -0.15) is 9.61 Å². The van der Waals surface area contributed by atoms with Gasteiger partial charge in [-0.05, 0) is 18.2 Å². The Hall–Kier alpha value is -3.86. The van der Waals surface area contributed by atoms with Crippen LogP contribution in [0.1, 0.15) is 0 Å². The van der Waals surface area contributed by atoms with Gasteiger partial charge in [0.2, 0.25) is 4.96 Å². The van der Waals surface area contributed by atoms with Crippen LogP contribution in [0, 0.1) is 10.1 Å². The minimum Gasteiger partial charge on any atom is -0.477 e. The summed E-state index contributed by atoms with van der Waals surface area (Å²) in [5.41, 5.74) is 1.17. The summed E-state index contributed by atoms with van der Waals surface area (Å²) in [6.07, 6.45) is 1.51. The van der Waals surface area contributed by atoms with E-state index in [9.17, 15) is 14.9 Å². The zero-order valence-corrected chi connectivity index (χ0v) is 15.0. The molecule has 0 aliphatic carbocycles. The fourth-order valence-electron chi connectivity index (χ4n) is 2.48. The zero-order valence-electron chi connectivity index (χ0n) is 14.2. The zero-order chi connectivity index (χ0) is 19.5. The Kier molecular flexibility index (Phi) is 4.64. The molecular formula is C17H12N6O4S. The van der Waals surface area contributed by atoms with Crippen molar-refractivity contribution >= 4 is 33.6 Å². The van der Waals surface area contributed by atoms with Crippen molar-refractivity contribution in [2.45, 2.75) is 0 Å². The van der Waals surface area contributed by atoms with Crippen molar-refractivity contribution in [3.05, 3.63) is 65.0 Å². The molecule has 1 amide bonds. The molecule has 0 saturated carbocycles. The SMILES string of the molecule is O=C(COc1ccccc1[N+](=O)[O-])Nc1cccc(-c2nn3cnnc3s2)c1. The number of fused-ring (bicyclic) bond motifs is 1. The predicted octanol–water partition coefficient (Wildman–Crippen LogP) is 2.78. The minimum atomic E-state index is -0.558. The Morgan fingerprint density at radius 3 is 2.93 bits per heavy atom. The number of nitrogens with zero attached hydrogens (tertiary/aromatic N) is 5. The number of anilines is 1. The average molecular weight is 396 g/mol. The summed E-state index contributed by atoms with van der Waals surface area (Å²) >= 11 is 1.37. The van der Waals surface area contributed by atoms with Crippen LogP contribution in [0.15, 0.2) is 54.9 Å². The van der Waals surface area contributed by atoms with Crippen molar-refractivity contribution in [1.29, 1.82) is 0 Å². The van der Waals surface area contributed by atoms with E-state index in [4.69, 9.17) is 4.74 Å². The lowest BCUT2D eigenvalue weighted by molar-refractivity contribution is -0.385. The number of carbonyl (C=O) groups is 1. The summed E-state index contributed by atoms with van der Waals surface area (Å²) in [5.74, 6) is -0.399. The minimum absolute atomic E-state index is 0.0381. The number of carbonyl (C=O) groups excluding carboxylic acids is 1. The normalized spacial score (nSPS) is 10.7. The maximum absolute atomic E-state index is 12.2. The van der Waals surface area contributed by atoms with Gasteiger partial charge in [0.15, 0.2) is 12.4 Å². The molecule has 2 aromatic heterocycles. The molecule has 2 heterocycles. The third-order valence-electron chi connectivity index (χ3n) is 3.70. The van der Waals surface area contributed by atoms with Gasteiger partial charge in [0.25, 0.3) is 5.91 Å². The highest BCUT2D eigenvalue weighted by molar-refractivity contribution is 7.19. The lowest BCUT2D eigenvalue weighted by Gasteiger charge is -2.08. The quantitative estimate of drug-likeness (QED) is 0.392. The molecule has 0 unspecified atom stereocenters. The average Bonchev–Trinajstić information content (AvgIpc) is 3.29. The second kappa shape index (κ2) is 7.40. The number of nitro groups is 1. The summed E-state index contributed by atoms with van der Waals surface area (Å²) in [6, 6.07) is 13.0. The number of hydrogen-bond donors (Lipinski definition) is 1. The van der Waals surface area contributed by atoms with E-state index in [0.29, 0.717) is 10.6 Å². The summed E-state index contributed by atoms with van der Waals surface area (Å²) in [4.78, 5) is 23.3. The lowest BCUT2D eigenvalue weighted by Crippen LogP contribution is -2.20. The van der Waals surface area contributed by atoms with Gasteiger partial charge in [-0.1, -0.05) is 35.6 Å². The summed E-state index contributed by atoms with van der Waals surface area (Å²) < 4.78 is 6.87. The lowest BCUT2D eigenvalue weighted by atomic mass is 10.2. The first-order valence-corrected chi connectivity index (χ1v) is 8.85. The topological polar surface area (TPSA) is 125 Å². The van der Waals surface area contributed by atoms with Crippen molar-refractivity contribution in [3.63, 3.8) is 0 Å². The van der Waals surface area contributed by atoms with Crippen molar-refractivity contribution < 1.29 is 14.5 Å². The van der Waals surface area contributed by atoms with E-state index in [1.807, 2.05) is 6.07 Å². The van der Waals surface area contributed by atoms with E-state index in [1.165, 1.54) is 35.9 Å². The number of benzene rings is 2. The fraction of sp³-hybridized carbons (Fsp3) is 0.0588. The smallest absolute Gasteiger partial charge is 0.310 e. The number of ether oxygens (including phenoxy) is 1. The summed E-state index contributed by atoms with van der Waals surface area (Å²) in [7, 11) is 0. The van der Waals surface area contributed by atoms with Crippen molar-refractivity contribution in [2.24, 2.45) is 0 Å². The monoisotopic (exact) mass is 396 g/mol. The third kappa shape index (κ3) is 3.64. The molecule has 0 radical (unpaired) electrons. The van der Waals surface area contributed by atoms with Gasteiger partial charge >= 0.3 is 5.69 Å². The van der Waals surface area contributed by atoms with Gasteiger partial charge in [-0.3, -0.25) is 14.9 Å². The van der Waals surface area contributed by atoms with Gasteiger partial charge in [0.1, 0.15) is 11.3 Å². The molecule has 0 fully saturated rings. The number of rotatable bonds is 6. The highest BCUT2D eigenvalue weighted by atomic mass is 32.1. The van der Waals surface area contributed by atoms with Crippen LogP contribution in [-0.2, 0) is 4.79 Å². The molecule has 0 atom stereocenters. The number of nitrogens with one attached hydrogen (secondary N) is 1. The molecule has 4 aromatic rings. The maximum Gasteiger partial charge on any atom is 0.310 e. The van der Waals surface area contributed by atoms with Crippen molar-refractivity contribution in [3.8, 4) is 16.3 Å². The third-order valence-corrected chi connectivity index (χ3v) is 4.66. The van der Waals surface area contributed by atoms with Gasteiger partial charge in [-0.25, -0.2) is 0 Å². The number of hydrogen-bond acceptors (Lipinski definition) is 8. The highest BCUT2D eigenvalue weighted by Gasteiger charge is 2.15. The predicted molar refractivity (Wildman–Crippen MR) is 101 cm³/mol. The standard InChI is InChI=1S/C17H12N6O4S/c24-15(9-27-14-7-2-1-6-13(14)23(25)26)19-12-5-3-4-11(8-12)16-21-22-10-18-20-17(22)28-16/h1-8,10H,9H2,(H,19,24). The van der Waals surface area contributed by atoms with Gasteiger partial charge in [-0.15, -0.1) is 10.2 Å². The number of amides is 1. The largest absolute Gasteiger partial charge is 0.477 e. The Morgan fingerprint density at radius 2 is 2.11 bits per heavy atom. The van der Waals surface area contributed by atoms with Crippen LogP contribution in [0.4, 0.5) is 11.4 Å². The van der Waals surface area contributed by atoms with Crippen LogP contribution in [0.5, 0.6) is 5.75 Å². The van der Waals surface area contributed by atoms with Gasteiger partial charge in [0, 0.05) is 17.3 Å². The van der Waals surface area contributed by atoms with E-state index >= 15 is 0 Å². The maximum atomic E-state index is 12.2. The Morgan fingerprint density at radius 1 is 1.25 bits per heavy atom. The molecule has 0 spiro atoms. The Labute approximate surface area is 161 Å². The molecule has 0 bridgehead atoms. The molecule has 28 heavy (non-hydrogen) atoms. The first kappa shape index (κ1) is 17.5. The number of nitro benzene ring substituents is 1. The molecule has 140 valence electrons. The van der Waals surface area contributed by atoms with E-state index in [-0.39, 0.29) is 18.0 Å². The molecule has 0 aliphatic heterocycles. The van der Waals surface area contributed by atoms with Crippen LogP contribution in [0.3, 0.4) is 0 Å². The molecule has 4 rings (SSSR count). The molecule has 11 heteroatoms. The second-order valence-corrected chi connectivity index (χ2v) is 6.56. The molecule has 0 saturated heterocycles. The van der Waals surface area contributed by atoms with E-state index in [0.717, 1.165) is 10.6 Å². The van der Waals surface area contributed by atoms with Crippen molar-refractivity contribution in [2.75, 3.05) is 11.9 Å². The Bertz CT molecular complexity index is 1140. The Balaban J connectivity index is 1.44. The van der Waals surface area contributed by atoms with Crippen LogP contribution in [0.2, 0.25) is 0 Å². The first-order chi connectivity index (χ1) is 13.6. The van der Waals surface area contributed by atoms with Crippen LogP contribution >= 0.6 is 11.3 Å². The van der Waals surface area contributed by atoms with E-state index < -0.39 is 10.8 Å². The molecular weight excluding hydrogens is 384 g/mol. The van der Waals surface area contributed by atoms with Crippen molar-refractivity contribution in [1.82, 2.24) is 19.8 Å². The summed E-state index contributed by atoms with van der Waals surface area (Å²) in [6.45, 7) is -0.355. The van der Waals surface area contributed by atoms with Gasteiger partial charge in [0.05, 0.1) is 4.92 Å². The number of para-hydroxylation sites is 2.